The van der Waals surface area contributed by atoms with E-state index in [0.717, 1.165) is 18.5 Å². The van der Waals surface area contributed by atoms with Gasteiger partial charge in [0.05, 0.1) is 0 Å². The number of H-pyrrole nitrogens is 1. The molecule has 104 valence electrons. The number of piperidine rings is 1. The summed E-state index contributed by atoms with van der Waals surface area (Å²) in [6, 6.07) is 3.34. The molecule has 0 radical (unpaired) electrons. The van der Waals surface area contributed by atoms with Gasteiger partial charge in [0.25, 0.3) is 5.91 Å². The first-order valence-corrected chi connectivity index (χ1v) is 6.49. The Morgan fingerprint density at radius 1 is 1.45 bits per heavy atom. The Morgan fingerprint density at radius 2 is 2.35 bits per heavy atom. The minimum Gasteiger partial charge on any atom is -0.364 e. The van der Waals surface area contributed by atoms with E-state index in [2.05, 4.69) is 15.1 Å². The molecular weight excluding hydrogens is 260 g/mol. The standard InChI is InChI=1S/C13H14N4O3/c18-12(11-4-7-20-16-11)17-6-1-2-9(8-17)10-3-5-14-13(19)15-10/h3-5,7,9H,1-2,6,8H2,(H,14,15,19). The summed E-state index contributed by atoms with van der Waals surface area (Å²) in [5, 5.41) is 3.67. The molecule has 1 amide bonds. The van der Waals surface area contributed by atoms with Gasteiger partial charge >= 0.3 is 5.69 Å². The van der Waals surface area contributed by atoms with Crippen LogP contribution in [0, 0.1) is 0 Å². The van der Waals surface area contributed by atoms with Crippen molar-refractivity contribution < 1.29 is 9.32 Å². The lowest BCUT2D eigenvalue weighted by molar-refractivity contribution is 0.0695. The van der Waals surface area contributed by atoms with Gasteiger partial charge in [-0.2, -0.15) is 0 Å². The van der Waals surface area contributed by atoms with Crippen LogP contribution in [0.15, 0.2) is 33.9 Å². The SMILES string of the molecule is O=C(c1ccon1)N1CCCC(c2ccnc(=O)[nH]2)C1. The number of carbonyl (C=O) groups is 1. The van der Waals surface area contributed by atoms with Gasteiger partial charge in [0.1, 0.15) is 6.26 Å². The molecule has 3 heterocycles. The number of hydrogen-bond donors (Lipinski definition) is 1. The topological polar surface area (TPSA) is 92.1 Å². The molecule has 1 aliphatic heterocycles. The molecule has 0 aromatic carbocycles. The number of hydrogen-bond acceptors (Lipinski definition) is 5. The number of rotatable bonds is 2. The average molecular weight is 274 g/mol. The number of nitrogens with one attached hydrogen (secondary N) is 1. The van der Waals surface area contributed by atoms with Crippen molar-refractivity contribution in [1.29, 1.82) is 0 Å². The summed E-state index contributed by atoms with van der Waals surface area (Å²) in [4.78, 5) is 31.6. The molecule has 1 aliphatic rings. The third-order valence-corrected chi connectivity index (χ3v) is 3.50. The van der Waals surface area contributed by atoms with E-state index < -0.39 is 0 Å². The molecule has 1 saturated heterocycles. The van der Waals surface area contributed by atoms with E-state index in [1.165, 1.54) is 12.5 Å². The molecule has 0 saturated carbocycles. The first kappa shape index (κ1) is 12.6. The first-order valence-electron chi connectivity index (χ1n) is 6.49. The Bertz CT molecular complexity index is 650. The summed E-state index contributed by atoms with van der Waals surface area (Å²) in [7, 11) is 0. The predicted molar refractivity (Wildman–Crippen MR) is 69.2 cm³/mol. The highest BCUT2D eigenvalue weighted by atomic mass is 16.5. The van der Waals surface area contributed by atoms with Gasteiger partial charge in [-0.1, -0.05) is 5.16 Å². The Labute approximate surface area is 114 Å². The number of likely N-dealkylation sites (tertiary alicyclic amines) is 1. The monoisotopic (exact) mass is 274 g/mol. The number of aromatic amines is 1. The van der Waals surface area contributed by atoms with Crippen LogP contribution in [0.2, 0.25) is 0 Å². The Hall–Kier alpha value is -2.44. The molecule has 0 aliphatic carbocycles. The summed E-state index contributed by atoms with van der Waals surface area (Å²) < 4.78 is 4.70. The summed E-state index contributed by atoms with van der Waals surface area (Å²) >= 11 is 0. The first-order chi connectivity index (χ1) is 9.74. The summed E-state index contributed by atoms with van der Waals surface area (Å²) in [5.41, 5.74) is 0.777. The molecule has 20 heavy (non-hydrogen) atoms. The van der Waals surface area contributed by atoms with E-state index in [9.17, 15) is 9.59 Å². The van der Waals surface area contributed by atoms with Crippen molar-refractivity contribution in [3.63, 3.8) is 0 Å². The minimum atomic E-state index is -0.359. The maximum Gasteiger partial charge on any atom is 0.345 e. The Kier molecular flexibility index (Phi) is 3.32. The molecular formula is C13H14N4O3. The molecule has 7 nitrogen and oxygen atoms in total. The van der Waals surface area contributed by atoms with Crippen molar-refractivity contribution in [2.24, 2.45) is 0 Å². The summed E-state index contributed by atoms with van der Waals surface area (Å²) in [6.07, 6.45) is 4.70. The van der Waals surface area contributed by atoms with Gasteiger partial charge in [-0.3, -0.25) is 4.79 Å². The molecule has 3 rings (SSSR count). The maximum absolute atomic E-state index is 12.2. The predicted octanol–water partition coefficient (Wildman–Crippen LogP) is 0.778. The zero-order valence-electron chi connectivity index (χ0n) is 10.8. The van der Waals surface area contributed by atoms with Gasteiger partial charge in [0.15, 0.2) is 5.69 Å². The molecule has 2 aromatic heterocycles. The van der Waals surface area contributed by atoms with Crippen LogP contribution in [0.3, 0.4) is 0 Å². The van der Waals surface area contributed by atoms with Gasteiger partial charge in [-0.15, -0.1) is 0 Å². The van der Waals surface area contributed by atoms with Crippen LogP contribution in [-0.4, -0.2) is 39.0 Å². The van der Waals surface area contributed by atoms with Crippen molar-refractivity contribution in [2.75, 3.05) is 13.1 Å². The van der Waals surface area contributed by atoms with Gasteiger partial charge in [0.2, 0.25) is 0 Å². The van der Waals surface area contributed by atoms with Crippen molar-refractivity contribution in [1.82, 2.24) is 20.0 Å². The second-order valence-corrected chi connectivity index (χ2v) is 4.81. The lowest BCUT2D eigenvalue weighted by Crippen LogP contribution is -2.39. The van der Waals surface area contributed by atoms with E-state index in [4.69, 9.17) is 4.52 Å². The average Bonchev–Trinajstić information content (AvgIpc) is 3.01. The van der Waals surface area contributed by atoms with Gasteiger partial charge in [-0.25, -0.2) is 9.78 Å². The highest BCUT2D eigenvalue weighted by molar-refractivity contribution is 5.92. The van der Waals surface area contributed by atoms with Crippen LogP contribution in [0.5, 0.6) is 0 Å². The number of amides is 1. The number of carbonyl (C=O) groups excluding carboxylic acids is 1. The van der Waals surface area contributed by atoms with Gasteiger partial charge < -0.3 is 14.4 Å². The zero-order chi connectivity index (χ0) is 13.9. The fraction of sp³-hybridized carbons (Fsp3) is 0.385. The van der Waals surface area contributed by atoms with Crippen LogP contribution in [-0.2, 0) is 0 Å². The normalized spacial score (nSPS) is 19.0. The fourth-order valence-corrected chi connectivity index (χ4v) is 2.52. The van der Waals surface area contributed by atoms with Crippen molar-refractivity contribution >= 4 is 5.91 Å². The lowest BCUT2D eigenvalue weighted by Gasteiger charge is -2.32. The van der Waals surface area contributed by atoms with E-state index in [1.807, 2.05) is 0 Å². The molecule has 2 aromatic rings. The van der Waals surface area contributed by atoms with Crippen molar-refractivity contribution in [3.05, 3.63) is 46.5 Å². The van der Waals surface area contributed by atoms with Gasteiger partial charge in [-0.05, 0) is 18.9 Å². The highest BCUT2D eigenvalue weighted by Gasteiger charge is 2.27. The fourth-order valence-electron chi connectivity index (χ4n) is 2.52. The molecule has 0 spiro atoms. The second kappa shape index (κ2) is 5.28. The van der Waals surface area contributed by atoms with Gasteiger partial charge in [0, 0.05) is 37.0 Å². The van der Waals surface area contributed by atoms with E-state index in [-0.39, 0.29) is 17.5 Å². The van der Waals surface area contributed by atoms with Crippen LogP contribution in [0.4, 0.5) is 0 Å². The van der Waals surface area contributed by atoms with E-state index >= 15 is 0 Å². The smallest absolute Gasteiger partial charge is 0.345 e. The van der Waals surface area contributed by atoms with Crippen LogP contribution in [0.1, 0.15) is 34.9 Å². The van der Waals surface area contributed by atoms with Crippen LogP contribution >= 0.6 is 0 Å². The highest BCUT2D eigenvalue weighted by Crippen LogP contribution is 2.25. The Morgan fingerprint density at radius 3 is 3.10 bits per heavy atom. The molecule has 0 bridgehead atoms. The number of nitrogens with zero attached hydrogens (tertiary/aromatic N) is 3. The van der Waals surface area contributed by atoms with Crippen molar-refractivity contribution in [2.45, 2.75) is 18.8 Å². The lowest BCUT2D eigenvalue weighted by atomic mass is 9.94. The van der Waals surface area contributed by atoms with Crippen LogP contribution in [0.25, 0.3) is 0 Å². The zero-order valence-corrected chi connectivity index (χ0v) is 10.8. The van der Waals surface area contributed by atoms with E-state index in [1.54, 1.807) is 17.0 Å². The molecule has 1 atom stereocenters. The summed E-state index contributed by atoms with van der Waals surface area (Å²) in [5.74, 6) is -0.0184. The molecule has 1 unspecified atom stereocenters. The second-order valence-electron chi connectivity index (χ2n) is 4.81. The third kappa shape index (κ3) is 2.47. The quantitative estimate of drug-likeness (QED) is 0.873. The third-order valence-electron chi connectivity index (χ3n) is 3.50. The summed E-state index contributed by atoms with van der Waals surface area (Å²) in [6.45, 7) is 1.25. The minimum absolute atomic E-state index is 0.121. The molecule has 1 fully saturated rings. The molecule has 1 N–H and O–H groups in total. The van der Waals surface area contributed by atoms with Crippen LogP contribution < -0.4 is 5.69 Å². The number of aromatic nitrogens is 3. The van der Waals surface area contributed by atoms with Crippen molar-refractivity contribution in [3.8, 4) is 0 Å². The Balaban J connectivity index is 1.77. The maximum atomic E-state index is 12.2. The largest absolute Gasteiger partial charge is 0.364 e. The van der Waals surface area contributed by atoms with E-state index in [0.29, 0.717) is 18.8 Å². The molecule has 7 heteroatoms.